The number of nitrogens with one attached hydrogen (secondary N) is 2. The number of halogens is 1. The topological polar surface area (TPSA) is 85.9 Å². The first-order chi connectivity index (χ1) is 13.0. The van der Waals surface area contributed by atoms with E-state index in [0.29, 0.717) is 28.5 Å². The molecule has 0 bridgehead atoms. The third-order valence-electron chi connectivity index (χ3n) is 3.77. The third-order valence-corrected chi connectivity index (χ3v) is 3.77. The predicted molar refractivity (Wildman–Crippen MR) is 97.8 cm³/mol. The molecular weight excluding hydrogens is 355 g/mol. The first kappa shape index (κ1) is 20.0. The minimum Gasteiger partial charge on any atom is -0.493 e. The van der Waals surface area contributed by atoms with Crippen LogP contribution in [-0.4, -0.2) is 39.7 Å². The zero-order chi connectivity index (χ0) is 19.8. The molecule has 2 N–H and O–H groups in total. The van der Waals surface area contributed by atoms with Crippen molar-refractivity contribution in [3.8, 4) is 17.2 Å². The van der Waals surface area contributed by atoms with Gasteiger partial charge in [0.1, 0.15) is 5.82 Å². The molecule has 0 saturated heterocycles. The van der Waals surface area contributed by atoms with Gasteiger partial charge in [-0.2, -0.15) is 0 Å². The fraction of sp³-hybridized carbons (Fsp3) is 0.263. The normalized spacial score (nSPS) is 10.1. The monoisotopic (exact) mass is 376 g/mol. The Labute approximate surface area is 156 Å². The largest absolute Gasteiger partial charge is 0.493 e. The van der Waals surface area contributed by atoms with Crippen LogP contribution in [0.3, 0.4) is 0 Å². The molecule has 0 atom stereocenters. The summed E-state index contributed by atoms with van der Waals surface area (Å²) in [6.07, 6.45) is 0.274. The van der Waals surface area contributed by atoms with Crippen molar-refractivity contribution in [1.29, 1.82) is 0 Å². The van der Waals surface area contributed by atoms with Gasteiger partial charge in [-0.1, -0.05) is 18.2 Å². The van der Waals surface area contributed by atoms with Crippen molar-refractivity contribution in [3.05, 3.63) is 47.8 Å². The van der Waals surface area contributed by atoms with E-state index in [-0.39, 0.29) is 18.8 Å². The molecule has 0 spiro atoms. The van der Waals surface area contributed by atoms with Crippen molar-refractivity contribution in [3.63, 3.8) is 0 Å². The highest BCUT2D eigenvalue weighted by atomic mass is 19.1. The summed E-state index contributed by atoms with van der Waals surface area (Å²) in [5, 5.41) is 4.92. The van der Waals surface area contributed by atoms with Crippen LogP contribution in [-0.2, 0) is 16.0 Å². The summed E-state index contributed by atoms with van der Waals surface area (Å²) < 4.78 is 29.1. The van der Waals surface area contributed by atoms with Crippen LogP contribution in [0.5, 0.6) is 17.2 Å². The van der Waals surface area contributed by atoms with E-state index in [1.807, 2.05) is 0 Å². The number of ether oxygens (including phenoxy) is 3. The fourth-order valence-corrected chi connectivity index (χ4v) is 2.43. The van der Waals surface area contributed by atoms with Gasteiger partial charge in [-0.25, -0.2) is 4.39 Å². The molecule has 8 heteroatoms. The van der Waals surface area contributed by atoms with Gasteiger partial charge in [-0.3, -0.25) is 9.59 Å². The molecule has 27 heavy (non-hydrogen) atoms. The van der Waals surface area contributed by atoms with Gasteiger partial charge in [0.2, 0.25) is 5.75 Å². The van der Waals surface area contributed by atoms with E-state index < -0.39 is 11.8 Å². The molecule has 0 aliphatic rings. The van der Waals surface area contributed by atoms with E-state index in [4.69, 9.17) is 14.2 Å². The molecule has 0 heterocycles. The number of benzene rings is 2. The zero-order valence-electron chi connectivity index (χ0n) is 15.3. The van der Waals surface area contributed by atoms with Gasteiger partial charge in [-0.15, -0.1) is 0 Å². The van der Waals surface area contributed by atoms with E-state index in [1.54, 1.807) is 18.2 Å². The Morgan fingerprint density at radius 3 is 2.15 bits per heavy atom. The number of carbonyl (C=O) groups is 2. The summed E-state index contributed by atoms with van der Waals surface area (Å²) in [5.74, 6) is -1.00. The molecule has 2 rings (SSSR count). The van der Waals surface area contributed by atoms with Crippen LogP contribution >= 0.6 is 0 Å². The molecule has 2 amide bonds. The molecule has 2 aromatic rings. The van der Waals surface area contributed by atoms with Crippen LogP contribution in [0.15, 0.2) is 36.4 Å². The van der Waals surface area contributed by atoms with Gasteiger partial charge in [-0.05, 0) is 18.1 Å². The van der Waals surface area contributed by atoms with Crippen LogP contribution in [0.4, 0.5) is 10.1 Å². The minimum absolute atomic E-state index is 0.127. The van der Waals surface area contributed by atoms with E-state index >= 15 is 0 Å². The van der Waals surface area contributed by atoms with E-state index in [2.05, 4.69) is 10.6 Å². The van der Waals surface area contributed by atoms with Gasteiger partial charge >= 0.3 is 11.8 Å². The smallest absolute Gasteiger partial charge is 0.313 e. The van der Waals surface area contributed by atoms with Crippen molar-refractivity contribution in [2.24, 2.45) is 0 Å². The van der Waals surface area contributed by atoms with Crippen molar-refractivity contribution >= 4 is 17.5 Å². The van der Waals surface area contributed by atoms with Crippen LogP contribution in [0.2, 0.25) is 0 Å². The maximum absolute atomic E-state index is 13.5. The summed E-state index contributed by atoms with van der Waals surface area (Å²) in [6.45, 7) is 0.127. The lowest BCUT2D eigenvalue weighted by Crippen LogP contribution is -2.36. The third kappa shape index (κ3) is 5.10. The summed E-state index contributed by atoms with van der Waals surface area (Å²) in [5.41, 5.74) is 0.765. The second-order valence-corrected chi connectivity index (χ2v) is 5.47. The Balaban J connectivity index is 1.98. The predicted octanol–water partition coefficient (Wildman–Crippen LogP) is 2.15. The molecule has 0 radical (unpaired) electrons. The number of amides is 2. The van der Waals surface area contributed by atoms with Crippen molar-refractivity contribution in [1.82, 2.24) is 5.32 Å². The highest BCUT2D eigenvalue weighted by Gasteiger charge is 2.18. The minimum atomic E-state index is -0.863. The van der Waals surface area contributed by atoms with E-state index in [9.17, 15) is 14.0 Å². The molecular formula is C19H21FN2O5. The molecule has 0 fully saturated rings. The average Bonchev–Trinajstić information content (AvgIpc) is 2.68. The number of rotatable bonds is 7. The summed E-state index contributed by atoms with van der Waals surface area (Å²) >= 11 is 0. The van der Waals surface area contributed by atoms with Gasteiger partial charge in [0.05, 0.1) is 21.3 Å². The maximum Gasteiger partial charge on any atom is 0.313 e. The molecule has 0 aliphatic carbocycles. The molecule has 0 aromatic heterocycles. The first-order valence-electron chi connectivity index (χ1n) is 8.12. The van der Waals surface area contributed by atoms with E-state index in [0.717, 1.165) is 0 Å². The zero-order valence-corrected chi connectivity index (χ0v) is 15.3. The van der Waals surface area contributed by atoms with Crippen LogP contribution in [0, 0.1) is 5.82 Å². The van der Waals surface area contributed by atoms with Crippen LogP contribution in [0.1, 0.15) is 5.56 Å². The number of hydrogen-bond donors (Lipinski definition) is 2. The molecule has 2 aromatic carbocycles. The quantitative estimate of drug-likeness (QED) is 0.723. The standard InChI is InChI=1S/C19H21FN2O5/c1-25-15-10-13(11-16(26-2)17(15)27-3)22-19(24)18(23)21-9-8-12-6-4-5-7-14(12)20/h4-7,10-11H,8-9H2,1-3H3,(H,21,23)(H,22,24). The highest BCUT2D eigenvalue weighted by molar-refractivity contribution is 6.39. The molecule has 0 unspecified atom stereocenters. The SMILES string of the molecule is COc1cc(NC(=O)C(=O)NCCc2ccccc2F)cc(OC)c1OC. The Morgan fingerprint density at radius 1 is 0.963 bits per heavy atom. The molecule has 7 nitrogen and oxygen atoms in total. The Hall–Kier alpha value is -3.29. The first-order valence-corrected chi connectivity index (χ1v) is 8.12. The lowest BCUT2D eigenvalue weighted by Gasteiger charge is -2.14. The Kier molecular flexibility index (Phi) is 6.99. The van der Waals surface area contributed by atoms with Crippen molar-refractivity contribution in [2.75, 3.05) is 33.2 Å². The lowest BCUT2D eigenvalue weighted by atomic mass is 10.1. The lowest BCUT2D eigenvalue weighted by molar-refractivity contribution is -0.136. The number of methoxy groups -OCH3 is 3. The van der Waals surface area contributed by atoms with Crippen LogP contribution in [0.25, 0.3) is 0 Å². The molecule has 144 valence electrons. The number of hydrogen-bond acceptors (Lipinski definition) is 5. The Bertz CT molecular complexity index is 800. The van der Waals surface area contributed by atoms with Gasteiger partial charge in [0, 0.05) is 24.4 Å². The van der Waals surface area contributed by atoms with Gasteiger partial charge in [0.25, 0.3) is 0 Å². The Morgan fingerprint density at radius 2 is 1.59 bits per heavy atom. The summed E-state index contributed by atoms with van der Waals surface area (Å²) in [7, 11) is 4.35. The highest BCUT2D eigenvalue weighted by Crippen LogP contribution is 2.39. The summed E-state index contributed by atoms with van der Waals surface area (Å²) in [6, 6.07) is 9.27. The van der Waals surface area contributed by atoms with Crippen molar-refractivity contribution in [2.45, 2.75) is 6.42 Å². The number of carbonyl (C=O) groups excluding carboxylic acids is 2. The average molecular weight is 376 g/mol. The van der Waals surface area contributed by atoms with Gasteiger partial charge < -0.3 is 24.8 Å². The molecule has 0 aliphatic heterocycles. The van der Waals surface area contributed by atoms with Gasteiger partial charge in [0.15, 0.2) is 11.5 Å². The van der Waals surface area contributed by atoms with Crippen molar-refractivity contribution < 1.29 is 28.2 Å². The number of anilines is 1. The molecule has 0 saturated carbocycles. The second kappa shape index (κ2) is 9.42. The second-order valence-electron chi connectivity index (χ2n) is 5.47. The maximum atomic E-state index is 13.5. The summed E-state index contributed by atoms with van der Waals surface area (Å²) in [4.78, 5) is 24.0. The van der Waals surface area contributed by atoms with E-state index in [1.165, 1.54) is 39.5 Å². The fourth-order valence-electron chi connectivity index (χ4n) is 2.43. The van der Waals surface area contributed by atoms with Crippen LogP contribution < -0.4 is 24.8 Å².